The number of halogens is 2. The highest BCUT2D eigenvalue weighted by atomic mass is 127. The molecule has 1 unspecified atom stereocenters. The third-order valence-corrected chi connectivity index (χ3v) is 4.47. The van der Waals surface area contributed by atoms with Crippen molar-refractivity contribution in [3.63, 3.8) is 0 Å². The standard InChI is InChI=1S/C13H17FINOS/c1-5-12(16-18(17)13(2,3)4)9-6-10(14)8-11(15)7-9/h5-8,12,16H,1H2,2-4H3/t12-,18?/m1/s1. The number of rotatable bonds is 4. The van der Waals surface area contributed by atoms with Gasteiger partial charge in [0, 0.05) is 14.9 Å². The number of hydrogen-bond donors (Lipinski definition) is 1. The molecule has 0 amide bonds. The molecule has 1 rings (SSSR count). The topological polar surface area (TPSA) is 35.1 Å². The van der Waals surface area contributed by atoms with Gasteiger partial charge < -0.3 is 4.55 Å². The first-order valence-corrected chi connectivity index (χ1v) is 7.73. The van der Waals surface area contributed by atoms with Crippen LogP contribution in [0.5, 0.6) is 0 Å². The largest absolute Gasteiger partial charge is 0.598 e. The molecule has 0 aliphatic rings. The van der Waals surface area contributed by atoms with E-state index in [0.29, 0.717) is 0 Å². The zero-order valence-corrected chi connectivity index (χ0v) is 13.6. The van der Waals surface area contributed by atoms with E-state index >= 15 is 0 Å². The zero-order chi connectivity index (χ0) is 13.9. The second-order valence-electron chi connectivity index (χ2n) is 4.92. The molecule has 0 fully saturated rings. The van der Waals surface area contributed by atoms with Gasteiger partial charge in [0.1, 0.15) is 10.6 Å². The lowest BCUT2D eigenvalue weighted by molar-refractivity contribution is 0.537. The van der Waals surface area contributed by atoms with Crippen molar-refractivity contribution in [1.82, 2.24) is 4.72 Å². The average molecular weight is 381 g/mol. The fourth-order valence-corrected chi connectivity index (χ4v) is 2.77. The van der Waals surface area contributed by atoms with Crippen LogP contribution in [0.1, 0.15) is 32.4 Å². The molecule has 0 heterocycles. The average Bonchev–Trinajstić information content (AvgIpc) is 2.22. The van der Waals surface area contributed by atoms with Gasteiger partial charge in [0.25, 0.3) is 0 Å². The minimum absolute atomic E-state index is 0.299. The van der Waals surface area contributed by atoms with Crippen LogP contribution in [-0.2, 0) is 11.4 Å². The van der Waals surface area contributed by atoms with Crippen LogP contribution in [0.25, 0.3) is 0 Å². The Morgan fingerprint density at radius 3 is 2.50 bits per heavy atom. The lowest BCUT2D eigenvalue weighted by atomic mass is 10.1. The summed E-state index contributed by atoms with van der Waals surface area (Å²) < 4.78 is 28.8. The Morgan fingerprint density at radius 2 is 2.06 bits per heavy atom. The van der Waals surface area contributed by atoms with E-state index < -0.39 is 11.4 Å². The fourth-order valence-electron chi connectivity index (χ4n) is 1.30. The van der Waals surface area contributed by atoms with Crippen molar-refractivity contribution < 1.29 is 8.94 Å². The van der Waals surface area contributed by atoms with Gasteiger partial charge >= 0.3 is 0 Å². The lowest BCUT2D eigenvalue weighted by Crippen LogP contribution is -2.40. The molecule has 0 spiro atoms. The molecule has 0 aliphatic heterocycles. The van der Waals surface area contributed by atoms with Crippen LogP contribution in [0.15, 0.2) is 30.9 Å². The molecule has 0 saturated heterocycles. The van der Waals surface area contributed by atoms with E-state index in [-0.39, 0.29) is 16.6 Å². The van der Waals surface area contributed by atoms with Crippen molar-refractivity contribution >= 4 is 34.0 Å². The molecule has 100 valence electrons. The molecule has 1 aromatic carbocycles. The second kappa shape index (κ2) is 6.36. The molecule has 5 heteroatoms. The molecule has 0 saturated carbocycles. The van der Waals surface area contributed by atoms with Gasteiger partial charge in [-0.05, 0) is 67.1 Å². The van der Waals surface area contributed by atoms with Crippen LogP contribution < -0.4 is 4.72 Å². The first kappa shape index (κ1) is 15.9. The molecule has 2 nitrogen and oxygen atoms in total. The van der Waals surface area contributed by atoms with E-state index in [1.54, 1.807) is 6.08 Å². The third-order valence-electron chi connectivity index (χ3n) is 2.27. The van der Waals surface area contributed by atoms with Crippen LogP contribution in [0, 0.1) is 9.39 Å². The monoisotopic (exact) mass is 381 g/mol. The highest BCUT2D eigenvalue weighted by Gasteiger charge is 2.29. The third kappa shape index (κ3) is 4.53. The summed E-state index contributed by atoms with van der Waals surface area (Å²) in [6.45, 7) is 9.35. The van der Waals surface area contributed by atoms with Crippen molar-refractivity contribution in [2.75, 3.05) is 0 Å². The minimum atomic E-state index is -1.23. The smallest absolute Gasteiger partial charge is 0.136 e. The van der Waals surface area contributed by atoms with Gasteiger partial charge in [0.15, 0.2) is 0 Å². The Balaban J connectivity index is 2.93. The van der Waals surface area contributed by atoms with Crippen molar-refractivity contribution in [2.24, 2.45) is 0 Å². The Kier molecular flexibility index (Phi) is 5.64. The van der Waals surface area contributed by atoms with Gasteiger partial charge in [-0.1, -0.05) is 6.08 Å². The number of hydrogen-bond acceptors (Lipinski definition) is 2. The Labute approximate surface area is 125 Å². The summed E-state index contributed by atoms with van der Waals surface area (Å²) >= 11 is 0.826. The predicted molar refractivity (Wildman–Crippen MR) is 83.1 cm³/mol. The summed E-state index contributed by atoms with van der Waals surface area (Å²) in [5.74, 6) is -0.299. The van der Waals surface area contributed by atoms with Gasteiger partial charge in [0.2, 0.25) is 0 Å². The van der Waals surface area contributed by atoms with E-state index in [1.807, 2.05) is 26.8 Å². The van der Waals surface area contributed by atoms with E-state index in [2.05, 4.69) is 33.9 Å². The maximum atomic E-state index is 13.4. The molecule has 0 radical (unpaired) electrons. The molecule has 2 atom stereocenters. The van der Waals surface area contributed by atoms with Gasteiger partial charge in [0.05, 0.1) is 6.04 Å². The highest BCUT2D eigenvalue weighted by Crippen LogP contribution is 2.23. The van der Waals surface area contributed by atoms with Crippen LogP contribution in [0.3, 0.4) is 0 Å². The molecule has 0 bridgehead atoms. The SMILES string of the molecule is C=C[C@@H](N[S+]([O-])C(C)(C)C)c1cc(F)cc(I)c1. The molecule has 1 N–H and O–H groups in total. The van der Waals surface area contributed by atoms with Crippen LogP contribution in [-0.4, -0.2) is 9.30 Å². The van der Waals surface area contributed by atoms with Crippen molar-refractivity contribution in [3.8, 4) is 0 Å². The summed E-state index contributed by atoms with van der Waals surface area (Å²) in [6.07, 6.45) is 1.63. The molecule has 1 aromatic rings. The van der Waals surface area contributed by atoms with Gasteiger partial charge in [-0.15, -0.1) is 11.3 Å². The Hall–Kier alpha value is -0.110. The summed E-state index contributed by atoms with van der Waals surface area (Å²) in [4.78, 5) is 0. The summed E-state index contributed by atoms with van der Waals surface area (Å²) in [5.41, 5.74) is 0.729. The fraction of sp³-hybridized carbons (Fsp3) is 0.385. The van der Waals surface area contributed by atoms with Crippen molar-refractivity contribution in [1.29, 1.82) is 0 Å². The van der Waals surface area contributed by atoms with Crippen LogP contribution in [0.4, 0.5) is 4.39 Å². The van der Waals surface area contributed by atoms with E-state index in [9.17, 15) is 8.94 Å². The molecule has 0 aliphatic carbocycles. The van der Waals surface area contributed by atoms with E-state index in [4.69, 9.17) is 0 Å². The quantitative estimate of drug-likeness (QED) is 0.490. The summed E-state index contributed by atoms with van der Waals surface area (Å²) in [6, 6.07) is 4.41. The maximum Gasteiger partial charge on any atom is 0.136 e. The molecule has 18 heavy (non-hydrogen) atoms. The van der Waals surface area contributed by atoms with E-state index in [1.165, 1.54) is 12.1 Å². The normalized spacial score (nSPS) is 15.2. The first-order chi connectivity index (χ1) is 8.24. The minimum Gasteiger partial charge on any atom is -0.598 e. The van der Waals surface area contributed by atoms with Gasteiger partial charge in [-0.2, -0.15) is 0 Å². The van der Waals surface area contributed by atoms with Gasteiger partial charge in [-0.25, -0.2) is 4.39 Å². The Morgan fingerprint density at radius 1 is 1.44 bits per heavy atom. The summed E-state index contributed by atoms with van der Waals surface area (Å²) in [7, 11) is 0. The van der Waals surface area contributed by atoms with Crippen LogP contribution in [0.2, 0.25) is 0 Å². The lowest BCUT2D eigenvalue weighted by Gasteiger charge is -2.27. The maximum absolute atomic E-state index is 13.4. The highest BCUT2D eigenvalue weighted by molar-refractivity contribution is 14.1. The predicted octanol–water partition coefficient (Wildman–Crippen LogP) is 3.71. The number of nitrogens with one attached hydrogen (secondary N) is 1. The summed E-state index contributed by atoms with van der Waals surface area (Å²) in [5, 5.41) is 0. The van der Waals surface area contributed by atoms with Crippen molar-refractivity contribution in [2.45, 2.75) is 31.6 Å². The molecular formula is C13H17FINOS. The van der Waals surface area contributed by atoms with Gasteiger partial charge in [-0.3, -0.25) is 0 Å². The first-order valence-electron chi connectivity index (χ1n) is 5.50. The zero-order valence-electron chi connectivity index (χ0n) is 10.7. The molecule has 0 aromatic heterocycles. The Bertz CT molecular complexity index is 413. The number of benzene rings is 1. The molecular weight excluding hydrogens is 364 g/mol. The van der Waals surface area contributed by atoms with Crippen LogP contribution >= 0.6 is 22.6 Å². The van der Waals surface area contributed by atoms with Crippen molar-refractivity contribution in [3.05, 3.63) is 45.8 Å². The van der Waals surface area contributed by atoms with E-state index in [0.717, 1.165) is 9.13 Å². The second-order valence-corrected chi connectivity index (χ2v) is 8.16.